The molecule has 0 aliphatic carbocycles. The maximum atomic E-state index is 12.6. The van der Waals surface area contributed by atoms with Gasteiger partial charge in [-0.1, -0.05) is 11.6 Å². The average Bonchev–Trinajstić information content (AvgIpc) is 3.05. The van der Waals surface area contributed by atoms with Crippen molar-refractivity contribution in [2.24, 2.45) is 0 Å². The zero-order valence-electron chi connectivity index (χ0n) is 12.9. The number of likely N-dealkylation sites (tertiary alicyclic amines) is 1. The minimum Gasteiger partial charge on any atom is -0.472 e. The Morgan fingerprint density at radius 3 is 2.96 bits per heavy atom. The lowest BCUT2D eigenvalue weighted by molar-refractivity contribution is -0.384. The molecule has 1 aliphatic heterocycles. The summed E-state index contributed by atoms with van der Waals surface area (Å²) in [5, 5.41) is 11.0. The highest BCUT2D eigenvalue weighted by Gasteiger charge is 2.30. The van der Waals surface area contributed by atoms with Crippen LogP contribution >= 0.6 is 27.5 Å². The van der Waals surface area contributed by atoms with E-state index < -0.39 is 4.92 Å². The van der Waals surface area contributed by atoms with Crippen LogP contribution in [0.25, 0.3) is 0 Å². The van der Waals surface area contributed by atoms with E-state index in [1.807, 2.05) is 6.07 Å². The maximum Gasteiger partial charge on any atom is 0.288 e. The van der Waals surface area contributed by atoms with Crippen LogP contribution in [0.4, 0.5) is 5.69 Å². The summed E-state index contributed by atoms with van der Waals surface area (Å²) >= 11 is 9.15. The van der Waals surface area contributed by atoms with Crippen molar-refractivity contribution in [1.29, 1.82) is 0 Å². The number of hydrogen-bond acceptors (Lipinski definition) is 5. The van der Waals surface area contributed by atoms with Gasteiger partial charge in [0, 0.05) is 30.8 Å². The molecule has 9 heteroatoms. The van der Waals surface area contributed by atoms with Gasteiger partial charge in [0.15, 0.2) is 0 Å². The van der Waals surface area contributed by atoms with Crippen LogP contribution in [0.5, 0.6) is 5.88 Å². The van der Waals surface area contributed by atoms with E-state index in [1.54, 1.807) is 17.2 Å². The molecule has 1 aliphatic rings. The molecule has 0 saturated carbocycles. The second-order valence-electron chi connectivity index (χ2n) is 5.49. The second kappa shape index (κ2) is 7.37. The SMILES string of the molecule is O=C(c1ccc(Cl)c([N+](=O)[O-])c1)N1CCC(Oc2ncccc2Br)C1. The molecule has 7 nitrogen and oxygen atoms in total. The molecule has 2 aromatic rings. The van der Waals surface area contributed by atoms with Crippen LogP contribution in [-0.2, 0) is 0 Å². The first-order valence-corrected chi connectivity index (χ1v) is 8.63. The fourth-order valence-electron chi connectivity index (χ4n) is 2.59. The predicted molar refractivity (Wildman–Crippen MR) is 95.0 cm³/mol. The van der Waals surface area contributed by atoms with Gasteiger partial charge in [-0.25, -0.2) is 4.98 Å². The molecule has 3 rings (SSSR count). The molecular formula is C16H13BrClN3O4. The van der Waals surface area contributed by atoms with Crippen molar-refractivity contribution < 1.29 is 14.5 Å². The molecule has 0 radical (unpaired) electrons. The number of nitro groups is 1. The average molecular weight is 427 g/mol. The first-order chi connectivity index (χ1) is 12.0. The lowest BCUT2D eigenvalue weighted by Gasteiger charge is -2.17. The highest BCUT2D eigenvalue weighted by atomic mass is 79.9. The molecule has 2 heterocycles. The Hall–Kier alpha value is -2.19. The van der Waals surface area contributed by atoms with Gasteiger partial charge in [-0.3, -0.25) is 14.9 Å². The van der Waals surface area contributed by atoms with Crippen LogP contribution < -0.4 is 4.74 Å². The number of aromatic nitrogens is 1. The van der Waals surface area contributed by atoms with Crippen LogP contribution in [0.3, 0.4) is 0 Å². The lowest BCUT2D eigenvalue weighted by atomic mass is 10.2. The number of nitrogens with zero attached hydrogens (tertiary/aromatic N) is 3. The second-order valence-corrected chi connectivity index (χ2v) is 6.75. The number of hydrogen-bond donors (Lipinski definition) is 0. The molecule has 1 atom stereocenters. The lowest BCUT2D eigenvalue weighted by Crippen LogP contribution is -2.31. The number of pyridine rings is 1. The summed E-state index contributed by atoms with van der Waals surface area (Å²) in [5.41, 5.74) is -0.0484. The molecule has 1 saturated heterocycles. The molecule has 1 fully saturated rings. The molecule has 0 N–H and O–H groups in total. The summed E-state index contributed by atoms with van der Waals surface area (Å²) in [7, 11) is 0. The minimum absolute atomic E-state index is 0.00387. The number of nitro benzene ring substituents is 1. The monoisotopic (exact) mass is 425 g/mol. The van der Waals surface area contributed by atoms with Crippen LogP contribution in [0.1, 0.15) is 16.8 Å². The van der Waals surface area contributed by atoms with Gasteiger partial charge in [0.25, 0.3) is 11.6 Å². The van der Waals surface area contributed by atoms with E-state index in [4.69, 9.17) is 16.3 Å². The Bertz CT molecular complexity index is 833. The van der Waals surface area contributed by atoms with Crippen LogP contribution in [-0.4, -0.2) is 39.9 Å². The molecule has 1 unspecified atom stereocenters. The number of rotatable bonds is 4. The van der Waals surface area contributed by atoms with E-state index >= 15 is 0 Å². The first kappa shape index (κ1) is 17.6. The number of carbonyl (C=O) groups is 1. The molecule has 1 aromatic carbocycles. The van der Waals surface area contributed by atoms with Crippen LogP contribution in [0, 0.1) is 10.1 Å². The van der Waals surface area contributed by atoms with Gasteiger partial charge in [-0.15, -0.1) is 0 Å². The van der Waals surface area contributed by atoms with Gasteiger partial charge in [-0.2, -0.15) is 0 Å². The quantitative estimate of drug-likeness (QED) is 0.550. The third kappa shape index (κ3) is 3.91. The van der Waals surface area contributed by atoms with Gasteiger partial charge in [0.05, 0.1) is 15.9 Å². The Labute approximate surface area is 156 Å². The third-order valence-electron chi connectivity index (χ3n) is 3.83. The Kier molecular flexibility index (Phi) is 5.19. The zero-order valence-corrected chi connectivity index (χ0v) is 15.2. The van der Waals surface area contributed by atoms with E-state index in [1.165, 1.54) is 18.2 Å². The number of ether oxygens (including phenoxy) is 1. The van der Waals surface area contributed by atoms with E-state index in [0.717, 1.165) is 4.47 Å². The summed E-state index contributed by atoms with van der Waals surface area (Å²) < 4.78 is 6.57. The number of benzene rings is 1. The van der Waals surface area contributed by atoms with Gasteiger partial charge in [0.1, 0.15) is 11.1 Å². The summed E-state index contributed by atoms with van der Waals surface area (Å²) in [4.78, 5) is 28.7. The molecule has 0 bridgehead atoms. The molecule has 0 spiro atoms. The molecule has 1 aromatic heterocycles. The molecular weight excluding hydrogens is 414 g/mol. The largest absolute Gasteiger partial charge is 0.472 e. The number of carbonyl (C=O) groups excluding carboxylic acids is 1. The summed E-state index contributed by atoms with van der Waals surface area (Å²) in [6, 6.07) is 7.67. The predicted octanol–water partition coefficient (Wildman–Crippen LogP) is 3.70. The zero-order chi connectivity index (χ0) is 18.0. The summed E-state index contributed by atoms with van der Waals surface area (Å²) in [5.74, 6) is 0.190. The Morgan fingerprint density at radius 1 is 1.44 bits per heavy atom. The molecule has 25 heavy (non-hydrogen) atoms. The highest BCUT2D eigenvalue weighted by molar-refractivity contribution is 9.10. The maximum absolute atomic E-state index is 12.6. The topological polar surface area (TPSA) is 85.6 Å². The van der Waals surface area contributed by atoms with Crippen molar-refractivity contribution in [2.45, 2.75) is 12.5 Å². The smallest absolute Gasteiger partial charge is 0.288 e. The number of amides is 1. The van der Waals surface area contributed by atoms with Crippen molar-refractivity contribution in [3.8, 4) is 5.88 Å². The summed E-state index contributed by atoms with van der Waals surface area (Å²) in [6.07, 6.45) is 2.10. The van der Waals surface area contributed by atoms with Crippen molar-refractivity contribution in [3.63, 3.8) is 0 Å². The number of halogens is 2. The van der Waals surface area contributed by atoms with E-state index in [9.17, 15) is 14.9 Å². The van der Waals surface area contributed by atoms with Crippen molar-refractivity contribution in [3.05, 3.63) is 61.7 Å². The summed E-state index contributed by atoms with van der Waals surface area (Å²) in [6.45, 7) is 0.892. The van der Waals surface area contributed by atoms with Gasteiger partial charge in [-0.05, 0) is 40.2 Å². The van der Waals surface area contributed by atoms with E-state index in [-0.39, 0.29) is 28.3 Å². The van der Waals surface area contributed by atoms with E-state index in [2.05, 4.69) is 20.9 Å². The Morgan fingerprint density at radius 2 is 2.24 bits per heavy atom. The van der Waals surface area contributed by atoms with E-state index in [0.29, 0.717) is 25.4 Å². The highest BCUT2D eigenvalue weighted by Crippen LogP contribution is 2.28. The fraction of sp³-hybridized carbons (Fsp3) is 0.250. The van der Waals surface area contributed by atoms with Gasteiger partial charge in [0.2, 0.25) is 5.88 Å². The fourth-order valence-corrected chi connectivity index (χ4v) is 3.13. The first-order valence-electron chi connectivity index (χ1n) is 7.46. The standard InChI is InChI=1S/C16H13BrClN3O4/c17-12-2-1-6-19-15(12)25-11-5-7-20(9-11)16(22)10-3-4-13(18)14(8-10)21(23)24/h1-4,6,8,11H,5,7,9H2. The minimum atomic E-state index is -0.604. The van der Waals surface area contributed by atoms with Gasteiger partial charge < -0.3 is 9.64 Å². The van der Waals surface area contributed by atoms with Crippen molar-refractivity contribution in [1.82, 2.24) is 9.88 Å². The molecule has 1 amide bonds. The van der Waals surface area contributed by atoms with Crippen molar-refractivity contribution >= 4 is 39.1 Å². The van der Waals surface area contributed by atoms with Gasteiger partial charge >= 0.3 is 0 Å². The normalized spacial score (nSPS) is 16.7. The van der Waals surface area contributed by atoms with Crippen LogP contribution in [0.15, 0.2) is 41.0 Å². The third-order valence-corrected chi connectivity index (χ3v) is 4.75. The van der Waals surface area contributed by atoms with Crippen LogP contribution in [0.2, 0.25) is 5.02 Å². The Balaban J connectivity index is 1.70. The van der Waals surface area contributed by atoms with Crippen molar-refractivity contribution in [2.75, 3.05) is 13.1 Å². The molecule has 130 valence electrons.